The Morgan fingerprint density at radius 3 is 2.87 bits per heavy atom. The average Bonchev–Trinajstić information content (AvgIpc) is 2.97. The van der Waals surface area contributed by atoms with Crippen molar-refractivity contribution < 1.29 is 9.53 Å². The zero-order chi connectivity index (χ0) is 16.2. The molecule has 0 aliphatic rings. The fourth-order valence-electron chi connectivity index (χ4n) is 2.13. The number of hydrogen-bond acceptors (Lipinski definition) is 5. The first-order chi connectivity index (χ1) is 11.2. The molecule has 0 fully saturated rings. The summed E-state index contributed by atoms with van der Waals surface area (Å²) >= 11 is 3.07. The number of para-hydroxylation sites is 1. The van der Waals surface area contributed by atoms with Gasteiger partial charge in [-0.2, -0.15) is 0 Å². The van der Waals surface area contributed by atoms with Gasteiger partial charge in [0.05, 0.1) is 23.1 Å². The Bertz CT molecular complexity index is 812. The zero-order valence-electron chi connectivity index (χ0n) is 12.8. The van der Waals surface area contributed by atoms with Crippen LogP contribution in [0.2, 0.25) is 0 Å². The number of hydrogen-bond donors (Lipinski definition) is 1. The third-order valence-corrected chi connectivity index (χ3v) is 5.49. The molecule has 2 aromatic carbocycles. The maximum absolute atomic E-state index is 12.1. The fraction of sp³-hybridized carbons (Fsp3) is 0.176. The number of benzene rings is 2. The lowest BCUT2D eigenvalue weighted by Gasteiger charge is -2.09. The molecule has 118 valence electrons. The van der Waals surface area contributed by atoms with E-state index in [1.54, 1.807) is 18.4 Å². The summed E-state index contributed by atoms with van der Waals surface area (Å²) in [6.07, 6.45) is 0. The summed E-state index contributed by atoms with van der Waals surface area (Å²) in [4.78, 5) is 16.6. The minimum absolute atomic E-state index is 0.0393. The van der Waals surface area contributed by atoms with E-state index in [-0.39, 0.29) is 5.91 Å². The van der Waals surface area contributed by atoms with Crippen molar-refractivity contribution in [3.05, 3.63) is 48.0 Å². The molecule has 0 aliphatic heterocycles. The molecule has 0 unspecified atom stereocenters. The van der Waals surface area contributed by atoms with Crippen LogP contribution >= 0.6 is 23.1 Å². The summed E-state index contributed by atoms with van der Waals surface area (Å²) in [5.41, 5.74) is 2.76. The van der Waals surface area contributed by atoms with E-state index in [1.807, 2.05) is 49.4 Å². The quantitative estimate of drug-likeness (QED) is 0.699. The van der Waals surface area contributed by atoms with Gasteiger partial charge in [0.2, 0.25) is 5.91 Å². The molecule has 0 atom stereocenters. The maximum Gasteiger partial charge on any atom is 0.234 e. The van der Waals surface area contributed by atoms with Crippen LogP contribution in [0.3, 0.4) is 0 Å². The van der Waals surface area contributed by atoms with Crippen LogP contribution in [0.5, 0.6) is 5.75 Å². The van der Waals surface area contributed by atoms with Gasteiger partial charge in [-0.1, -0.05) is 23.9 Å². The summed E-state index contributed by atoms with van der Waals surface area (Å²) in [5, 5.41) is 2.93. The molecule has 1 aromatic heterocycles. The summed E-state index contributed by atoms with van der Waals surface area (Å²) in [7, 11) is 1.63. The number of carbonyl (C=O) groups is 1. The topological polar surface area (TPSA) is 51.2 Å². The van der Waals surface area contributed by atoms with Gasteiger partial charge in [0.25, 0.3) is 0 Å². The van der Waals surface area contributed by atoms with Crippen LogP contribution in [-0.2, 0) is 4.79 Å². The van der Waals surface area contributed by atoms with Crippen LogP contribution < -0.4 is 10.1 Å². The first kappa shape index (κ1) is 15.8. The Morgan fingerprint density at radius 2 is 2.13 bits per heavy atom. The van der Waals surface area contributed by atoms with Crippen LogP contribution in [0.15, 0.2) is 46.8 Å². The van der Waals surface area contributed by atoms with Crippen LogP contribution in [0.4, 0.5) is 5.69 Å². The minimum Gasteiger partial charge on any atom is -0.497 e. The molecule has 23 heavy (non-hydrogen) atoms. The average molecular weight is 344 g/mol. The fourth-order valence-corrected chi connectivity index (χ4v) is 4.00. The van der Waals surface area contributed by atoms with E-state index >= 15 is 0 Å². The lowest BCUT2D eigenvalue weighted by Crippen LogP contribution is -2.14. The van der Waals surface area contributed by atoms with E-state index in [4.69, 9.17) is 4.74 Å². The number of thiazole rings is 1. The monoisotopic (exact) mass is 344 g/mol. The second-order valence-electron chi connectivity index (χ2n) is 4.97. The molecule has 6 heteroatoms. The maximum atomic E-state index is 12.1. The summed E-state index contributed by atoms with van der Waals surface area (Å²) in [5.74, 6) is 1.08. The number of carbonyl (C=O) groups excluding carboxylic acids is 1. The number of nitrogens with zero attached hydrogens (tertiary/aromatic N) is 1. The SMILES string of the molecule is COc1ccc(NC(=O)CSc2nc3ccccc3s2)c(C)c1. The van der Waals surface area contributed by atoms with E-state index in [0.29, 0.717) is 5.75 Å². The van der Waals surface area contributed by atoms with Gasteiger partial charge in [-0.05, 0) is 42.8 Å². The first-order valence-electron chi connectivity index (χ1n) is 7.08. The van der Waals surface area contributed by atoms with Gasteiger partial charge >= 0.3 is 0 Å². The number of aryl methyl sites for hydroxylation is 1. The molecule has 3 aromatic rings. The molecular weight excluding hydrogens is 328 g/mol. The Hall–Kier alpha value is -2.05. The van der Waals surface area contributed by atoms with Gasteiger partial charge in [0.1, 0.15) is 5.75 Å². The van der Waals surface area contributed by atoms with E-state index in [9.17, 15) is 4.79 Å². The Balaban J connectivity index is 1.61. The van der Waals surface area contributed by atoms with Gasteiger partial charge in [0.15, 0.2) is 4.34 Å². The van der Waals surface area contributed by atoms with Crippen LogP contribution in [0.1, 0.15) is 5.56 Å². The van der Waals surface area contributed by atoms with Crippen molar-refractivity contribution in [2.75, 3.05) is 18.2 Å². The Morgan fingerprint density at radius 1 is 1.30 bits per heavy atom. The summed E-state index contributed by atoms with van der Waals surface area (Å²) in [6.45, 7) is 1.94. The highest BCUT2D eigenvalue weighted by Gasteiger charge is 2.09. The van der Waals surface area contributed by atoms with Gasteiger partial charge in [-0.3, -0.25) is 4.79 Å². The number of aromatic nitrogens is 1. The van der Waals surface area contributed by atoms with Crippen molar-refractivity contribution >= 4 is 44.9 Å². The van der Waals surface area contributed by atoms with Crippen LogP contribution in [0, 0.1) is 6.92 Å². The smallest absolute Gasteiger partial charge is 0.234 e. The highest BCUT2D eigenvalue weighted by Crippen LogP contribution is 2.29. The van der Waals surface area contributed by atoms with Gasteiger partial charge in [-0.25, -0.2) is 4.98 Å². The second-order valence-corrected chi connectivity index (χ2v) is 7.22. The van der Waals surface area contributed by atoms with E-state index in [0.717, 1.165) is 31.6 Å². The van der Waals surface area contributed by atoms with Crippen molar-refractivity contribution in [2.45, 2.75) is 11.3 Å². The number of rotatable bonds is 5. The number of ether oxygens (including phenoxy) is 1. The molecule has 4 nitrogen and oxygen atoms in total. The molecule has 0 spiro atoms. The van der Waals surface area contributed by atoms with Crippen molar-refractivity contribution in [3.8, 4) is 5.75 Å². The van der Waals surface area contributed by atoms with Crippen LogP contribution in [-0.4, -0.2) is 23.8 Å². The Labute approximate surface area is 142 Å². The molecule has 0 saturated heterocycles. The number of nitrogens with one attached hydrogen (secondary N) is 1. The lowest BCUT2D eigenvalue weighted by molar-refractivity contribution is -0.113. The van der Waals surface area contributed by atoms with Gasteiger partial charge < -0.3 is 10.1 Å². The van der Waals surface area contributed by atoms with Crippen molar-refractivity contribution in [1.82, 2.24) is 4.98 Å². The van der Waals surface area contributed by atoms with Gasteiger partial charge in [0, 0.05) is 5.69 Å². The second kappa shape index (κ2) is 7.02. The van der Waals surface area contributed by atoms with Crippen molar-refractivity contribution in [1.29, 1.82) is 0 Å². The Kier molecular flexibility index (Phi) is 4.83. The molecule has 0 radical (unpaired) electrons. The minimum atomic E-state index is -0.0393. The zero-order valence-corrected chi connectivity index (χ0v) is 14.5. The predicted molar refractivity (Wildman–Crippen MR) is 96.7 cm³/mol. The lowest BCUT2D eigenvalue weighted by atomic mass is 10.2. The van der Waals surface area contributed by atoms with Crippen molar-refractivity contribution in [2.24, 2.45) is 0 Å². The molecule has 1 heterocycles. The predicted octanol–water partition coefficient (Wildman–Crippen LogP) is 4.34. The molecule has 0 saturated carbocycles. The molecule has 1 N–H and O–H groups in total. The highest BCUT2D eigenvalue weighted by atomic mass is 32.2. The first-order valence-corrected chi connectivity index (χ1v) is 8.89. The number of thioether (sulfide) groups is 1. The van der Waals surface area contributed by atoms with Crippen LogP contribution in [0.25, 0.3) is 10.2 Å². The third-order valence-electron chi connectivity index (χ3n) is 3.31. The molecule has 0 bridgehead atoms. The van der Waals surface area contributed by atoms with E-state index in [1.165, 1.54) is 11.8 Å². The number of fused-ring (bicyclic) bond motifs is 1. The number of methoxy groups -OCH3 is 1. The molecule has 1 amide bonds. The third kappa shape index (κ3) is 3.83. The standard InChI is InChI=1S/C17H16N2O2S2/c1-11-9-12(21-2)7-8-13(11)18-16(20)10-22-17-19-14-5-3-4-6-15(14)23-17/h3-9H,10H2,1-2H3,(H,18,20). The number of anilines is 1. The molecular formula is C17H16N2O2S2. The van der Waals surface area contributed by atoms with Crippen molar-refractivity contribution in [3.63, 3.8) is 0 Å². The molecule has 3 rings (SSSR count). The summed E-state index contributed by atoms with van der Waals surface area (Å²) < 4.78 is 7.22. The summed E-state index contributed by atoms with van der Waals surface area (Å²) in [6, 6.07) is 13.6. The normalized spacial score (nSPS) is 10.7. The highest BCUT2D eigenvalue weighted by molar-refractivity contribution is 8.01. The van der Waals surface area contributed by atoms with E-state index in [2.05, 4.69) is 10.3 Å². The van der Waals surface area contributed by atoms with Gasteiger partial charge in [-0.15, -0.1) is 11.3 Å². The van der Waals surface area contributed by atoms with E-state index < -0.39 is 0 Å². The number of amides is 1. The largest absolute Gasteiger partial charge is 0.497 e. The molecule has 0 aliphatic carbocycles.